The first-order valence-electron chi connectivity index (χ1n) is 10.3. The zero-order chi connectivity index (χ0) is 22.1. The Morgan fingerprint density at radius 2 is 1.94 bits per heavy atom. The SMILES string of the molecule is COc1cc2occ(-c3cccc(Br)c3)c2cc1/C(C)=C/C(=O)N1CC(C)OC(C)C1. The molecule has 0 saturated carbocycles. The van der Waals surface area contributed by atoms with E-state index >= 15 is 0 Å². The van der Waals surface area contributed by atoms with Crippen LogP contribution >= 0.6 is 15.9 Å². The van der Waals surface area contributed by atoms with Crippen LogP contribution < -0.4 is 4.74 Å². The van der Waals surface area contributed by atoms with Crippen LogP contribution in [0.25, 0.3) is 27.7 Å². The van der Waals surface area contributed by atoms with E-state index in [1.54, 1.807) is 19.4 Å². The van der Waals surface area contributed by atoms with Crippen molar-refractivity contribution in [2.45, 2.75) is 33.0 Å². The Kier molecular flexibility index (Phi) is 6.21. The molecule has 0 bridgehead atoms. The molecule has 0 radical (unpaired) electrons. The van der Waals surface area contributed by atoms with E-state index in [0.29, 0.717) is 18.8 Å². The summed E-state index contributed by atoms with van der Waals surface area (Å²) in [6.07, 6.45) is 3.51. The van der Waals surface area contributed by atoms with Crippen LogP contribution in [0, 0.1) is 0 Å². The predicted octanol–water partition coefficient (Wildman–Crippen LogP) is 5.91. The van der Waals surface area contributed by atoms with Crippen LogP contribution in [-0.2, 0) is 9.53 Å². The normalized spacial score (nSPS) is 19.6. The average Bonchev–Trinajstić information content (AvgIpc) is 3.15. The lowest BCUT2D eigenvalue weighted by Crippen LogP contribution is -2.47. The molecule has 2 heterocycles. The molecule has 2 atom stereocenters. The Bertz CT molecular complexity index is 1140. The number of halogens is 1. The van der Waals surface area contributed by atoms with Gasteiger partial charge in [-0.15, -0.1) is 0 Å². The lowest BCUT2D eigenvalue weighted by molar-refractivity contribution is -0.137. The molecule has 4 rings (SSSR count). The molecule has 1 aliphatic rings. The molecule has 2 unspecified atom stereocenters. The topological polar surface area (TPSA) is 51.9 Å². The fourth-order valence-corrected chi connectivity index (χ4v) is 4.52. The van der Waals surface area contributed by atoms with Gasteiger partial charge >= 0.3 is 0 Å². The van der Waals surface area contributed by atoms with Crippen molar-refractivity contribution >= 4 is 38.4 Å². The lowest BCUT2D eigenvalue weighted by Gasteiger charge is -2.34. The molecule has 3 aromatic rings. The maximum atomic E-state index is 12.9. The molecule has 1 aliphatic heterocycles. The zero-order valence-corrected chi connectivity index (χ0v) is 19.7. The van der Waals surface area contributed by atoms with Crippen molar-refractivity contribution in [3.8, 4) is 16.9 Å². The molecule has 1 fully saturated rings. The maximum Gasteiger partial charge on any atom is 0.247 e. The van der Waals surface area contributed by atoms with Gasteiger partial charge in [0, 0.05) is 46.2 Å². The summed E-state index contributed by atoms with van der Waals surface area (Å²) < 4.78 is 18.2. The Morgan fingerprint density at radius 1 is 1.19 bits per heavy atom. The second kappa shape index (κ2) is 8.89. The second-order valence-electron chi connectivity index (χ2n) is 8.04. The lowest BCUT2D eigenvalue weighted by atomic mass is 9.99. The average molecular weight is 484 g/mol. The number of carbonyl (C=O) groups is 1. The first kappa shape index (κ1) is 21.7. The van der Waals surface area contributed by atoms with Crippen molar-refractivity contribution < 1.29 is 18.7 Å². The molecule has 0 spiro atoms. The van der Waals surface area contributed by atoms with Gasteiger partial charge < -0.3 is 18.8 Å². The zero-order valence-electron chi connectivity index (χ0n) is 18.1. The van der Waals surface area contributed by atoms with Crippen molar-refractivity contribution in [2.24, 2.45) is 0 Å². The highest BCUT2D eigenvalue weighted by Gasteiger charge is 2.25. The van der Waals surface area contributed by atoms with E-state index in [-0.39, 0.29) is 18.1 Å². The first-order chi connectivity index (χ1) is 14.9. The number of nitrogens with zero attached hydrogens (tertiary/aromatic N) is 1. The molecule has 2 aromatic carbocycles. The summed E-state index contributed by atoms with van der Waals surface area (Å²) >= 11 is 3.53. The summed E-state index contributed by atoms with van der Waals surface area (Å²) in [7, 11) is 1.63. The fourth-order valence-electron chi connectivity index (χ4n) is 4.12. The largest absolute Gasteiger partial charge is 0.496 e. The number of morpholine rings is 1. The van der Waals surface area contributed by atoms with Crippen molar-refractivity contribution in [1.82, 2.24) is 4.90 Å². The van der Waals surface area contributed by atoms with E-state index in [1.165, 1.54) is 0 Å². The third-order valence-corrected chi connectivity index (χ3v) is 6.02. The molecule has 0 N–H and O–H groups in total. The van der Waals surface area contributed by atoms with Crippen LogP contribution in [0.3, 0.4) is 0 Å². The molecule has 31 heavy (non-hydrogen) atoms. The summed E-state index contributed by atoms with van der Waals surface area (Å²) in [5, 5.41) is 0.975. The molecular weight excluding hydrogens is 458 g/mol. The standard InChI is InChI=1S/C25H26BrNO4/c1-15(8-25(28)27-12-16(2)31-17(3)13-27)20-10-21-22(18-6-5-7-19(26)9-18)14-30-24(21)11-23(20)29-4/h5-11,14,16-17H,12-13H2,1-4H3/b15-8+. The third kappa shape index (κ3) is 4.55. The van der Waals surface area contributed by atoms with Crippen LogP contribution in [0.2, 0.25) is 0 Å². The molecule has 1 amide bonds. The fraction of sp³-hybridized carbons (Fsp3) is 0.320. The van der Waals surface area contributed by atoms with Gasteiger partial charge in [0.25, 0.3) is 0 Å². The van der Waals surface area contributed by atoms with Gasteiger partial charge in [0.2, 0.25) is 5.91 Å². The number of methoxy groups -OCH3 is 1. The van der Waals surface area contributed by atoms with Crippen LogP contribution in [0.4, 0.5) is 0 Å². The van der Waals surface area contributed by atoms with Gasteiger partial charge in [0.1, 0.15) is 11.3 Å². The van der Waals surface area contributed by atoms with Gasteiger partial charge in [-0.3, -0.25) is 4.79 Å². The molecular formula is C25H26BrNO4. The van der Waals surface area contributed by atoms with E-state index in [9.17, 15) is 4.79 Å². The highest BCUT2D eigenvalue weighted by atomic mass is 79.9. The van der Waals surface area contributed by atoms with E-state index in [0.717, 1.165) is 37.7 Å². The quantitative estimate of drug-likeness (QED) is 0.432. The summed E-state index contributed by atoms with van der Waals surface area (Å²) in [6, 6.07) is 12.0. The minimum Gasteiger partial charge on any atom is -0.496 e. The summed E-state index contributed by atoms with van der Waals surface area (Å²) in [5.41, 5.74) is 4.51. The Labute approximate surface area is 190 Å². The molecule has 1 aromatic heterocycles. The number of amides is 1. The number of rotatable bonds is 4. The molecule has 0 aliphatic carbocycles. The van der Waals surface area contributed by atoms with E-state index in [2.05, 4.69) is 22.0 Å². The van der Waals surface area contributed by atoms with Gasteiger partial charge in [-0.25, -0.2) is 0 Å². The van der Waals surface area contributed by atoms with Crippen molar-refractivity contribution in [1.29, 1.82) is 0 Å². The van der Waals surface area contributed by atoms with E-state index in [4.69, 9.17) is 13.9 Å². The van der Waals surface area contributed by atoms with E-state index in [1.807, 2.05) is 56.0 Å². The maximum absolute atomic E-state index is 12.9. The minimum atomic E-state index is -0.0129. The number of furan rings is 1. The summed E-state index contributed by atoms with van der Waals surface area (Å²) in [4.78, 5) is 14.8. The van der Waals surface area contributed by atoms with Gasteiger partial charge in [-0.2, -0.15) is 0 Å². The first-order valence-corrected chi connectivity index (χ1v) is 11.1. The smallest absolute Gasteiger partial charge is 0.247 e. The van der Waals surface area contributed by atoms with Gasteiger partial charge in [0.15, 0.2) is 0 Å². The molecule has 6 heteroatoms. The summed E-state index contributed by atoms with van der Waals surface area (Å²) in [5.74, 6) is 0.661. The van der Waals surface area contributed by atoms with Crippen LogP contribution in [0.1, 0.15) is 26.3 Å². The number of hydrogen-bond acceptors (Lipinski definition) is 4. The van der Waals surface area contributed by atoms with Crippen molar-refractivity contribution in [3.63, 3.8) is 0 Å². The number of hydrogen-bond donors (Lipinski definition) is 0. The third-order valence-electron chi connectivity index (χ3n) is 5.53. The van der Waals surface area contributed by atoms with Crippen LogP contribution in [0.15, 0.2) is 57.6 Å². The van der Waals surface area contributed by atoms with Crippen LogP contribution in [-0.4, -0.2) is 43.2 Å². The van der Waals surface area contributed by atoms with Gasteiger partial charge in [-0.1, -0.05) is 28.1 Å². The number of carbonyl (C=O) groups excluding carboxylic acids is 1. The Balaban J connectivity index is 1.72. The monoisotopic (exact) mass is 483 g/mol. The molecule has 1 saturated heterocycles. The van der Waals surface area contributed by atoms with Crippen molar-refractivity contribution in [2.75, 3.05) is 20.2 Å². The van der Waals surface area contributed by atoms with Crippen molar-refractivity contribution in [3.05, 3.63) is 58.8 Å². The predicted molar refractivity (Wildman–Crippen MR) is 126 cm³/mol. The molecule has 5 nitrogen and oxygen atoms in total. The highest BCUT2D eigenvalue weighted by molar-refractivity contribution is 9.10. The van der Waals surface area contributed by atoms with Crippen LogP contribution in [0.5, 0.6) is 5.75 Å². The molecule has 162 valence electrons. The minimum absolute atomic E-state index is 0.0129. The Morgan fingerprint density at radius 3 is 2.61 bits per heavy atom. The summed E-state index contributed by atoms with van der Waals surface area (Å²) in [6.45, 7) is 7.11. The van der Waals surface area contributed by atoms with Gasteiger partial charge in [-0.05, 0) is 50.1 Å². The Hall–Kier alpha value is -2.57. The van der Waals surface area contributed by atoms with E-state index < -0.39 is 0 Å². The second-order valence-corrected chi connectivity index (χ2v) is 8.95. The number of fused-ring (bicyclic) bond motifs is 1. The highest BCUT2D eigenvalue weighted by Crippen LogP contribution is 2.38. The number of benzene rings is 2. The number of allylic oxidation sites excluding steroid dienone is 1. The number of ether oxygens (including phenoxy) is 2. The van der Waals surface area contributed by atoms with Gasteiger partial charge in [0.05, 0.1) is 25.6 Å².